The first-order chi connectivity index (χ1) is 16.0. The third-order valence-electron chi connectivity index (χ3n) is 5.93. The smallest absolute Gasteiger partial charge is 0.295 e. The lowest BCUT2D eigenvalue weighted by Gasteiger charge is -2.31. The van der Waals surface area contributed by atoms with E-state index in [2.05, 4.69) is 4.90 Å². The number of aromatic hydroxyl groups is 1. The van der Waals surface area contributed by atoms with Crippen molar-refractivity contribution < 1.29 is 29.3 Å². The summed E-state index contributed by atoms with van der Waals surface area (Å²) < 4.78 is 10.9. The Hall–Kier alpha value is -3.36. The van der Waals surface area contributed by atoms with Crippen LogP contribution in [0.2, 0.25) is 0 Å². The van der Waals surface area contributed by atoms with Crippen molar-refractivity contribution in [2.45, 2.75) is 13.0 Å². The van der Waals surface area contributed by atoms with E-state index in [1.165, 1.54) is 17.0 Å². The number of amides is 1. The number of hydrogen-bond acceptors (Lipinski definition) is 7. The average Bonchev–Trinajstić information content (AvgIpc) is 3.08. The van der Waals surface area contributed by atoms with Gasteiger partial charge < -0.3 is 24.6 Å². The third kappa shape index (κ3) is 4.86. The maximum atomic E-state index is 13.1. The summed E-state index contributed by atoms with van der Waals surface area (Å²) in [5, 5.41) is 20.9. The summed E-state index contributed by atoms with van der Waals surface area (Å²) >= 11 is 0. The van der Waals surface area contributed by atoms with E-state index >= 15 is 0 Å². The van der Waals surface area contributed by atoms with E-state index in [0.717, 1.165) is 13.1 Å². The van der Waals surface area contributed by atoms with Crippen LogP contribution in [0.1, 0.15) is 24.1 Å². The van der Waals surface area contributed by atoms with Gasteiger partial charge in [-0.1, -0.05) is 24.3 Å². The molecule has 8 heteroatoms. The van der Waals surface area contributed by atoms with Gasteiger partial charge in [0.15, 0.2) is 0 Å². The molecule has 1 unspecified atom stereocenters. The van der Waals surface area contributed by atoms with E-state index in [1.54, 1.807) is 36.4 Å². The Kier molecular flexibility index (Phi) is 6.96. The van der Waals surface area contributed by atoms with Crippen molar-refractivity contribution in [3.8, 4) is 11.5 Å². The van der Waals surface area contributed by atoms with Gasteiger partial charge in [0.2, 0.25) is 0 Å². The molecule has 8 nitrogen and oxygen atoms in total. The monoisotopic (exact) mass is 452 g/mol. The number of ether oxygens (including phenoxy) is 2. The summed E-state index contributed by atoms with van der Waals surface area (Å²) in [6.45, 7) is 6.03. The van der Waals surface area contributed by atoms with Crippen LogP contribution in [0, 0.1) is 0 Å². The summed E-state index contributed by atoms with van der Waals surface area (Å²) in [5.41, 5.74) is 1.06. The number of likely N-dealkylation sites (tertiary alicyclic amines) is 1. The predicted molar refractivity (Wildman–Crippen MR) is 122 cm³/mol. The molecule has 0 aliphatic carbocycles. The van der Waals surface area contributed by atoms with Gasteiger partial charge in [0, 0.05) is 31.7 Å². The summed E-state index contributed by atoms with van der Waals surface area (Å²) in [5.74, 6) is -0.988. The van der Waals surface area contributed by atoms with Crippen molar-refractivity contribution in [1.82, 2.24) is 9.80 Å². The number of morpholine rings is 1. The Morgan fingerprint density at radius 2 is 1.82 bits per heavy atom. The second-order valence-electron chi connectivity index (χ2n) is 8.00. The van der Waals surface area contributed by atoms with Crippen molar-refractivity contribution >= 4 is 17.4 Å². The van der Waals surface area contributed by atoms with Crippen LogP contribution in [-0.2, 0) is 14.3 Å². The largest absolute Gasteiger partial charge is 0.508 e. The Balaban J connectivity index is 1.73. The molecule has 0 radical (unpaired) electrons. The van der Waals surface area contributed by atoms with Gasteiger partial charge in [-0.2, -0.15) is 0 Å². The molecule has 33 heavy (non-hydrogen) atoms. The van der Waals surface area contributed by atoms with Crippen molar-refractivity contribution in [2.24, 2.45) is 0 Å². The van der Waals surface area contributed by atoms with Gasteiger partial charge >= 0.3 is 0 Å². The van der Waals surface area contributed by atoms with E-state index in [-0.39, 0.29) is 17.1 Å². The number of ketones is 1. The first kappa shape index (κ1) is 22.8. The normalized spacial score (nSPS) is 20.9. The van der Waals surface area contributed by atoms with E-state index < -0.39 is 17.7 Å². The highest BCUT2D eigenvalue weighted by atomic mass is 16.5. The zero-order valence-electron chi connectivity index (χ0n) is 18.6. The Morgan fingerprint density at radius 3 is 2.52 bits per heavy atom. The SMILES string of the molecule is CCOc1cccc(C(O)=C2C(=O)C(=O)N(CCN3CCOCC3)C2c2ccc(O)cc2)c1. The van der Waals surface area contributed by atoms with Crippen LogP contribution in [0.3, 0.4) is 0 Å². The van der Waals surface area contributed by atoms with Crippen LogP contribution >= 0.6 is 0 Å². The maximum absolute atomic E-state index is 13.1. The number of carbonyl (C=O) groups excluding carboxylic acids is 2. The average molecular weight is 453 g/mol. The minimum atomic E-state index is -0.762. The van der Waals surface area contributed by atoms with Gasteiger partial charge in [-0.15, -0.1) is 0 Å². The molecule has 2 saturated heterocycles. The van der Waals surface area contributed by atoms with Crippen molar-refractivity contribution in [3.05, 3.63) is 65.2 Å². The molecule has 174 valence electrons. The number of Topliss-reactive ketones (excluding diaryl/α,β-unsaturated/α-hetero) is 1. The summed E-state index contributed by atoms with van der Waals surface area (Å²) in [4.78, 5) is 29.9. The minimum Gasteiger partial charge on any atom is -0.508 e. The van der Waals surface area contributed by atoms with Crippen LogP contribution in [0.25, 0.3) is 5.76 Å². The summed E-state index contributed by atoms with van der Waals surface area (Å²) in [7, 11) is 0. The summed E-state index contributed by atoms with van der Waals surface area (Å²) in [6, 6.07) is 12.4. The molecule has 0 aromatic heterocycles. The highest BCUT2D eigenvalue weighted by molar-refractivity contribution is 6.46. The molecule has 1 atom stereocenters. The van der Waals surface area contributed by atoms with Crippen LogP contribution in [0.15, 0.2) is 54.1 Å². The number of rotatable bonds is 7. The van der Waals surface area contributed by atoms with E-state index in [1.807, 2.05) is 6.92 Å². The van der Waals surface area contributed by atoms with E-state index in [4.69, 9.17) is 9.47 Å². The number of hydrogen-bond donors (Lipinski definition) is 2. The van der Waals surface area contributed by atoms with Gasteiger partial charge in [-0.25, -0.2) is 0 Å². The number of benzene rings is 2. The molecule has 2 aliphatic rings. The standard InChI is InChI=1S/C25H28N2O6/c1-2-33-20-5-3-4-18(16-20)23(29)21-22(17-6-8-19(28)9-7-17)27(25(31)24(21)30)11-10-26-12-14-32-15-13-26/h3-9,16,22,28-29H,2,10-15H2,1H3. The Labute approximate surface area is 192 Å². The molecule has 2 heterocycles. The second-order valence-corrected chi connectivity index (χ2v) is 8.00. The Morgan fingerprint density at radius 1 is 1.09 bits per heavy atom. The molecule has 2 aliphatic heterocycles. The molecule has 0 bridgehead atoms. The number of phenols is 1. The fraction of sp³-hybridized carbons (Fsp3) is 0.360. The van der Waals surface area contributed by atoms with Gasteiger partial charge in [-0.3, -0.25) is 14.5 Å². The minimum absolute atomic E-state index is 0.0290. The highest BCUT2D eigenvalue weighted by Gasteiger charge is 2.46. The van der Waals surface area contributed by atoms with Crippen molar-refractivity contribution in [1.29, 1.82) is 0 Å². The van der Waals surface area contributed by atoms with Crippen molar-refractivity contribution in [2.75, 3.05) is 46.0 Å². The first-order valence-corrected chi connectivity index (χ1v) is 11.1. The van der Waals surface area contributed by atoms with Gasteiger partial charge in [0.05, 0.1) is 31.4 Å². The lowest BCUT2D eigenvalue weighted by atomic mass is 9.95. The lowest BCUT2D eigenvalue weighted by Crippen LogP contribution is -2.42. The number of nitrogens with zero attached hydrogens (tertiary/aromatic N) is 2. The third-order valence-corrected chi connectivity index (χ3v) is 5.93. The molecule has 4 rings (SSSR count). The first-order valence-electron chi connectivity index (χ1n) is 11.1. The van der Waals surface area contributed by atoms with Gasteiger partial charge in [0.1, 0.15) is 17.3 Å². The molecule has 2 N–H and O–H groups in total. The highest BCUT2D eigenvalue weighted by Crippen LogP contribution is 2.40. The topological polar surface area (TPSA) is 99.5 Å². The number of aliphatic hydroxyl groups excluding tert-OH is 1. The quantitative estimate of drug-likeness (QED) is 0.378. The molecule has 2 fully saturated rings. The van der Waals surface area contributed by atoms with Crippen LogP contribution in [-0.4, -0.2) is 77.7 Å². The Bertz CT molecular complexity index is 1040. The molecule has 0 saturated carbocycles. The molecule has 2 aromatic rings. The summed E-state index contributed by atoms with van der Waals surface area (Å²) in [6.07, 6.45) is 0. The molecular weight excluding hydrogens is 424 g/mol. The molecule has 2 aromatic carbocycles. The molecular formula is C25H28N2O6. The predicted octanol–water partition coefficient (Wildman–Crippen LogP) is 2.54. The fourth-order valence-electron chi connectivity index (χ4n) is 4.24. The molecule has 0 spiro atoms. The molecule has 1 amide bonds. The van der Waals surface area contributed by atoms with Gasteiger partial charge in [0.25, 0.3) is 11.7 Å². The number of phenolic OH excluding ortho intramolecular Hbond substituents is 1. The zero-order chi connectivity index (χ0) is 23.4. The van der Waals surface area contributed by atoms with Crippen LogP contribution in [0.5, 0.6) is 11.5 Å². The number of carbonyl (C=O) groups is 2. The zero-order valence-corrected chi connectivity index (χ0v) is 18.6. The second kappa shape index (κ2) is 10.1. The lowest BCUT2D eigenvalue weighted by molar-refractivity contribution is -0.140. The van der Waals surface area contributed by atoms with Crippen LogP contribution < -0.4 is 4.74 Å². The van der Waals surface area contributed by atoms with Crippen LogP contribution in [0.4, 0.5) is 0 Å². The number of aliphatic hydroxyl groups is 1. The van der Waals surface area contributed by atoms with Crippen molar-refractivity contribution in [3.63, 3.8) is 0 Å². The fourth-order valence-corrected chi connectivity index (χ4v) is 4.24. The van der Waals surface area contributed by atoms with E-state index in [9.17, 15) is 19.8 Å². The van der Waals surface area contributed by atoms with E-state index in [0.29, 0.717) is 49.8 Å². The van der Waals surface area contributed by atoms with Gasteiger partial charge in [-0.05, 0) is 36.8 Å². The maximum Gasteiger partial charge on any atom is 0.295 e.